The van der Waals surface area contributed by atoms with Crippen molar-refractivity contribution < 1.29 is 14.2 Å². The Bertz CT molecular complexity index is 612. The Morgan fingerprint density at radius 3 is 2.14 bits per heavy atom. The molecule has 0 aliphatic rings. The normalized spacial score (nSPS) is 11.3. The van der Waals surface area contributed by atoms with Gasteiger partial charge in [0.2, 0.25) is 5.75 Å². The molecule has 22 heavy (non-hydrogen) atoms. The van der Waals surface area contributed by atoms with Crippen LogP contribution in [0.1, 0.15) is 17.9 Å². The molecule has 0 aromatic heterocycles. The highest BCUT2D eigenvalue weighted by atomic mass is 16.5. The van der Waals surface area contributed by atoms with Crippen molar-refractivity contribution in [3.63, 3.8) is 0 Å². The molecule has 2 aromatic rings. The number of nitrogens with zero attached hydrogens (tertiary/aromatic N) is 1. The minimum absolute atomic E-state index is 0.193. The monoisotopic (exact) mass is 297 g/mol. The van der Waals surface area contributed by atoms with Gasteiger partial charge in [-0.1, -0.05) is 36.4 Å². The Morgan fingerprint density at radius 1 is 0.955 bits per heavy atom. The zero-order valence-electron chi connectivity index (χ0n) is 12.8. The molecule has 0 radical (unpaired) electrons. The Hall–Kier alpha value is -2.67. The van der Waals surface area contributed by atoms with Gasteiger partial charge in [-0.3, -0.25) is 0 Å². The van der Waals surface area contributed by atoms with Crippen LogP contribution in [0.25, 0.3) is 0 Å². The second-order valence-corrected chi connectivity index (χ2v) is 4.72. The highest BCUT2D eigenvalue weighted by Crippen LogP contribution is 2.37. The SMILES string of the molecule is COc1cccc(OC)c1OCCC(C#N)c1ccccc1. The smallest absolute Gasteiger partial charge is 0.203 e. The third kappa shape index (κ3) is 3.70. The number of benzene rings is 2. The molecule has 0 aliphatic heterocycles. The van der Waals surface area contributed by atoms with Crippen LogP contribution >= 0.6 is 0 Å². The number of rotatable bonds is 7. The minimum atomic E-state index is -0.193. The van der Waals surface area contributed by atoms with Gasteiger partial charge >= 0.3 is 0 Å². The lowest BCUT2D eigenvalue weighted by Gasteiger charge is -2.15. The minimum Gasteiger partial charge on any atom is -0.493 e. The first-order chi connectivity index (χ1) is 10.8. The van der Waals surface area contributed by atoms with Crippen molar-refractivity contribution in [2.75, 3.05) is 20.8 Å². The van der Waals surface area contributed by atoms with Crippen LogP contribution in [0.5, 0.6) is 17.2 Å². The Balaban J connectivity index is 2.03. The van der Waals surface area contributed by atoms with E-state index in [2.05, 4.69) is 6.07 Å². The average Bonchev–Trinajstić information content (AvgIpc) is 2.59. The lowest BCUT2D eigenvalue weighted by atomic mass is 9.98. The van der Waals surface area contributed by atoms with Gasteiger partial charge in [-0.15, -0.1) is 0 Å². The molecule has 0 spiro atoms. The predicted octanol–water partition coefficient (Wildman–Crippen LogP) is 3.78. The standard InChI is InChI=1S/C18H19NO3/c1-20-16-9-6-10-17(21-2)18(16)22-12-11-15(13-19)14-7-4-3-5-8-14/h3-10,15H,11-12H2,1-2H3. The van der Waals surface area contributed by atoms with E-state index in [1.54, 1.807) is 14.2 Å². The number of hydrogen-bond acceptors (Lipinski definition) is 4. The van der Waals surface area contributed by atoms with E-state index in [1.165, 1.54) is 0 Å². The van der Waals surface area contributed by atoms with E-state index in [9.17, 15) is 5.26 Å². The molecule has 0 bridgehead atoms. The maximum Gasteiger partial charge on any atom is 0.203 e. The van der Waals surface area contributed by atoms with Crippen LogP contribution < -0.4 is 14.2 Å². The van der Waals surface area contributed by atoms with E-state index in [0.717, 1.165) is 5.56 Å². The number of ether oxygens (including phenoxy) is 3. The van der Waals surface area contributed by atoms with E-state index in [0.29, 0.717) is 30.3 Å². The molecular formula is C18H19NO3. The molecule has 0 saturated carbocycles. The van der Waals surface area contributed by atoms with Crippen molar-refractivity contribution in [2.24, 2.45) is 0 Å². The molecule has 2 rings (SSSR count). The number of methoxy groups -OCH3 is 2. The van der Waals surface area contributed by atoms with Crippen molar-refractivity contribution in [1.29, 1.82) is 5.26 Å². The van der Waals surface area contributed by atoms with Crippen molar-refractivity contribution in [3.05, 3.63) is 54.1 Å². The molecule has 0 saturated heterocycles. The van der Waals surface area contributed by atoms with Crippen molar-refractivity contribution in [1.82, 2.24) is 0 Å². The Kier molecular flexibility index (Phi) is 5.67. The fourth-order valence-electron chi connectivity index (χ4n) is 2.23. The molecule has 1 atom stereocenters. The Labute approximate surface area is 130 Å². The van der Waals surface area contributed by atoms with E-state index < -0.39 is 0 Å². The Morgan fingerprint density at radius 2 is 1.59 bits per heavy atom. The molecule has 4 heteroatoms. The van der Waals surface area contributed by atoms with Gasteiger partial charge < -0.3 is 14.2 Å². The van der Waals surface area contributed by atoms with Gasteiger partial charge in [0.25, 0.3) is 0 Å². The molecule has 0 N–H and O–H groups in total. The van der Waals surface area contributed by atoms with Crippen LogP contribution in [0.4, 0.5) is 0 Å². The fourth-order valence-corrected chi connectivity index (χ4v) is 2.23. The molecule has 4 nitrogen and oxygen atoms in total. The van der Waals surface area contributed by atoms with Crippen molar-refractivity contribution >= 4 is 0 Å². The third-order valence-electron chi connectivity index (χ3n) is 3.39. The fraction of sp³-hybridized carbons (Fsp3) is 0.278. The molecule has 0 heterocycles. The quantitative estimate of drug-likeness (QED) is 0.780. The average molecular weight is 297 g/mol. The lowest BCUT2D eigenvalue weighted by Crippen LogP contribution is -2.06. The number of hydrogen-bond donors (Lipinski definition) is 0. The summed E-state index contributed by atoms with van der Waals surface area (Å²) in [6, 6.07) is 17.5. The van der Waals surface area contributed by atoms with E-state index in [1.807, 2.05) is 48.5 Å². The maximum atomic E-state index is 9.32. The van der Waals surface area contributed by atoms with Crippen molar-refractivity contribution in [2.45, 2.75) is 12.3 Å². The summed E-state index contributed by atoms with van der Waals surface area (Å²) < 4.78 is 16.4. The van der Waals surface area contributed by atoms with E-state index in [-0.39, 0.29) is 5.92 Å². The summed E-state index contributed by atoms with van der Waals surface area (Å²) in [7, 11) is 3.17. The second-order valence-electron chi connectivity index (χ2n) is 4.72. The first-order valence-electron chi connectivity index (χ1n) is 7.08. The van der Waals surface area contributed by atoms with Gasteiger partial charge in [0.1, 0.15) is 0 Å². The second kappa shape index (κ2) is 7.94. The zero-order valence-corrected chi connectivity index (χ0v) is 12.8. The van der Waals surface area contributed by atoms with Crippen LogP contribution in [-0.2, 0) is 0 Å². The first-order valence-corrected chi connectivity index (χ1v) is 7.08. The molecule has 1 unspecified atom stereocenters. The number of nitriles is 1. The molecule has 0 fully saturated rings. The molecular weight excluding hydrogens is 278 g/mol. The molecule has 114 valence electrons. The van der Waals surface area contributed by atoms with Crippen LogP contribution in [0.3, 0.4) is 0 Å². The summed E-state index contributed by atoms with van der Waals surface area (Å²) in [5.74, 6) is 1.61. The third-order valence-corrected chi connectivity index (χ3v) is 3.39. The van der Waals surface area contributed by atoms with Gasteiger partial charge in [0.15, 0.2) is 11.5 Å². The van der Waals surface area contributed by atoms with Crippen LogP contribution in [0.2, 0.25) is 0 Å². The van der Waals surface area contributed by atoms with Crippen molar-refractivity contribution in [3.8, 4) is 23.3 Å². The maximum absolute atomic E-state index is 9.32. The zero-order chi connectivity index (χ0) is 15.8. The molecule has 0 amide bonds. The summed E-state index contributed by atoms with van der Waals surface area (Å²) >= 11 is 0. The lowest BCUT2D eigenvalue weighted by molar-refractivity contribution is 0.268. The summed E-state index contributed by atoms with van der Waals surface area (Å²) in [4.78, 5) is 0. The summed E-state index contributed by atoms with van der Waals surface area (Å²) in [6.45, 7) is 0.407. The summed E-state index contributed by atoms with van der Waals surface area (Å²) in [5, 5.41) is 9.32. The number of para-hydroxylation sites is 1. The van der Waals surface area contributed by atoms with Gasteiger partial charge in [-0.25, -0.2) is 0 Å². The summed E-state index contributed by atoms with van der Waals surface area (Å²) in [6.07, 6.45) is 0.599. The van der Waals surface area contributed by atoms with Crippen LogP contribution in [-0.4, -0.2) is 20.8 Å². The predicted molar refractivity (Wildman–Crippen MR) is 84.5 cm³/mol. The van der Waals surface area contributed by atoms with E-state index >= 15 is 0 Å². The van der Waals surface area contributed by atoms with E-state index in [4.69, 9.17) is 14.2 Å². The van der Waals surface area contributed by atoms with Gasteiger partial charge in [0.05, 0.1) is 32.8 Å². The van der Waals surface area contributed by atoms with Crippen LogP contribution in [0, 0.1) is 11.3 Å². The highest BCUT2D eigenvalue weighted by molar-refractivity contribution is 5.51. The molecule has 2 aromatic carbocycles. The van der Waals surface area contributed by atoms with Crippen LogP contribution in [0.15, 0.2) is 48.5 Å². The topological polar surface area (TPSA) is 51.5 Å². The summed E-state index contributed by atoms with van der Waals surface area (Å²) in [5.41, 5.74) is 1.00. The van der Waals surface area contributed by atoms with Gasteiger partial charge in [-0.05, 0) is 17.7 Å². The first kappa shape index (κ1) is 15.7. The van der Waals surface area contributed by atoms with Gasteiger partial charge in [-0.2, -0.15) is 5.26 Å². The largest absolute Gasteiger partial charge is 0.493 e. The highest BCUT2D eigenvalue weighted by Gasteiger charge is 2.14. The molecule has 0 aliphatic carbocycles. The van der Waals surface area contributed by atoms with Gasteiger partial charge in [0, 0.05) is 6.42 Å².